The molecule has 0 amide bonds. The van der Waals surface area contributed by atoms with Crippen molar-refractivity contribution in [3.05, 3.63) is 47.5 Å². The van der Waals surface area contributed by atoms with Gasteiger partial charge in [0.1, 0.15) is 0 Å². The summed E-state index contributed by atoms with van der Waals surface area (Å²) in [5, 5.41) is 14.8. The van der Waals surface area contributed by atoms with Gasteiger partial charge in [0, 0.05) is 24.0 Å². The summed E-state index contributed by atoms with van der Waals surface area (Å²) >= 11 is 0. The first-order chi connectivity index (χ1) is 14.0. The van der Waals surface area contributed by atoms with Crippen molar-refractivity contribution in [1.82, 2.24) is 10.3 Å². The number of aromatic hydroxyl groups is 1. The molecule has 0 aliphatic rings. The highest BCUT2D eigenvalue weighted by Crippen LogP contribution is 2.37. The average Bonchev–Trinajstić information content (AvgIpc) is 3.04. The summed E-state index contributed by atoms with van der Waals surface area (Å²) in [6.07, 6.45) is 0.672. The van der Waals surface area contributed by atoms with Crippen LogP contribution in [-0.2, 0) is 6.54 Å². The summed E-state index contributed by atoms with van der Waals surface area (Å²) in [6.45, 7) is 7.11. The number of aliphatic imine (C=N–C) groups is 1. The van der Waals surface area contributed by atoms with Crippen molar-refractivity contribution in [2.24, 2.45) is 4.99 Å². The largest absolute Gasteiger partial charge is 0.494 e. The molecule has 6 nitrogen and oxygen atoms in total. The molecule has 6 heteroatoms. The maximum Gasteiger partial charge on any atom is 0.198 e. The lowest BCUT2D eigenvalue weighted by Crippen LogP contribution is -2.21. The molecule has 3 aromatic rings. The van der Waals surface area contributed by atoms with E-state index in [9.17, 15) is 5.11 Å². The molecule has 154 valence electrons. The van der Waals surface area contributed by atoms with E-state index in [0.29, 0.717) is 29.5 Å². The Hall–Kier alpha value is -2.99. The number of nitrogens with one attached hydrogen (secondary N) is 2. The summed E-state index contributed by atoms with van der Waals surface area (Å²) in [5.74, 6) is 1.31. The molecule has 0 radical (unpaired) electrons. The number of aromatic nitrogens is 1. The van der Waals surface area contributed by atoms with E-state index in [1.807, 2.05) is 31.2 Å². The summed E-state index contributed by atoms with van der Waals surface area (Å²) in [7, 11) is 3.19. The second kappa shape index (κ2) is 9.01. The van der Waals surface area contributed by atoms with Crippen molar-refractivity contribution < 1.29 is 14.6 Å². The number of fused-ring (bicyclic) bond motifs is 1. The van der Waals surface area contributed by atoms with Crippen LogP contribution in [0, 0.1) is 0 Å². The molecule has 0 aliphatic heterocycles. The topological polar surface area (TPSA) is 78.9 Å². The summed E-state index contributed by atoms with van der Waals surface area (Å²) in [6, 6.07) is 12.3. The molecule has 2 aromatic carbocycles. The van der Waals surface area contributed by atoms with Gasteiger partial charge in [0.05, 0.1) is 36.7 Å². The number of aromatic amines is 1. The normalized spacial score (nSPS) is 12.0. The zero-order valence-electron chi connectivity index (χ0n) is 17.7. The van der Waals surface area contributed by atoms with E-state index in [-0.39, 0.29) is 5.88 Å². The SMILES string of the molecule is CCC(=Nc1ccc(CNC(C)C)cc1)c1c(O)[nH]c2cc(OC)c(OC)cc12. The van der Waals surface area contributed by atoms with E-state index in [4.69, 9.17) is 14.5 Å². The Labute approximate surface area is 171 Å². The van der Waals surface area contributed by atoms with Crippen molar-refractivity contribution in [3.63, 3.8) is 0 Å². The quantitative estimate of drug-likeness (QED) is 0.473. The Balaban J connectivity index is 1.99. The minimum atomic E-state index is 0.0914. The molecular weight excluding hydrogens is 366 g/mol. The van der Waals surface area contributed by atoms with E-state index < -0.39 is 0 Å². The van der Waals surface area contributed by atoms with Crippen molar-refractivity contribution in [2.45, 2.75) is 39.8 Å². The second-order valence-corrected chi connectivity index (χ2v) is 7.22. The standard InChI is InChI=1S/C23H29N3O3/c1-6-18(25-16-9-7-15(8-10-16)13-24-14(2)3)22-17-11-20(28-4)21(29-5)12-19(17)26-23(22)27/h7-12,14,24,26-27H,6,13H2,1-5H3. The maximum absolute atomic E-state index is 10.6. The van der Waals surface area contributed by atoms with E-state index >= 15 is 0 Å². The van der Waals surface area contributed by atoms with Crippen LogP contribution in [0.1, 0.15) is 38.3 Å². The second-order valence-electron chi connectivity index (χ2n) is 7.22. The molecule has 0 fully saturated rings. The molecule has 29 heavy (non-hydrogen) atoms. The molecule has 0 atom stereocenters. The highest BCUT2D eigenvalue weighted by Gasteiger charge is 2.18. The molecule has 0 saturated heterocycles. The smallest absolute Gasteiger partial charge is 0.198 e. The molecule has 0 saturated carbocycles. The number of rotatable bonds is 8. The predicted octanol–water partition coefficient (Wildman–Crippen LogP) is 4.92. The van der Waals surface area contributed by atoms with E-state index in [0.717, 1.165) is 28.8 Å². The Morgan fingerprint density at radius 3 is 2.34 bits per heavy atom. The summed E-state index contributed by atoms with van der Waals surface area (Å²) in [5.41, 5.74) is 4.32. The van der Waals surface area contributed by atoms with Gasteiger partial charge in [-0.25, -0.2) is 0 Å². The monoisotopic (exact) mass is 395 g/mol. The third kappa shape index (κ3) is 4.54. The van der Waals surface area contributed by atoms with Crippen LogP contribution in [0.5, 0.6) is 17.4 Å². The third-order valence-electron chi connectivity index (χ3n) is 4.82. The van der Waals surface area contributed by atoms with Crippen molar-refractivity contribution in [2.75, 3.05) is 14.2 Å². The zero-order chi connectivity index (χ0) is 21.0. The fraction of sp³-hybridized carbons (Fsp3) is 0.348. The molecule has 3 rings (SSSR count). The minimum Gasteiger partial charge on any atom is -0.494 e. The lowest BCUT2D eigenvalue weighted by molar-refractivity contribution is 0.356. The predicted molar refractivity (Wildman–Crippen MR) is 118 cm³/mol. The Morgan fingerprint density at radius 1 is 1.10 bits per heavy atom. The number of ether oxygens (including phenoxy) is 2. The first-order valence-corrected chi connectivity index (χ1v) is 9.83. The first-order valence-electron chi connectivity index (χ1n) is 9.83. The van der Waals surface area contributed by atoms with Crippen molar-refractivity contribution >= 4 is 22.3 Å². The van der Waals surface area contributed by atoms with Crippen molar-refractivity contribution in [1.29, 1.82) is 0 Å². The number of methoxy groups -OCH3 is 2. The summed E-state index contributed by atoms with van der Waals surface area (Å²) < 4.78 is 10.8. The average molecular weight is 396 g/mol. The number of hydrogen-bond acceptors (Lipinski definition) is 5. The Bertz CT molecular complexity index is 1000. The Morgan fingerprint density at radius 2 is 1.76 bits per heavy atom. The summed E-state index contributed by atoms with van der Waals surface area (Å²) in [4.78, 5) is 7.83. The van der Waals surface area contributed by atoms with Gasteiger partial charge < -0.3 is 24.9 Å². The number of hydrogen-bond donors (Lipinski definition) is 3. The van der Waals surface area contributed by atoms with Crippen LogP contribution in [0.4, 0.5) is 5.69 Å². The van der Waals surface area contributed by atoms with Gasteiger partial charge in [-0.05, 0) is 30.2 Å². The van der Waals surface area contributed by atoms with Gasteiger partial charge in [0.2, 0.25) is 0 Å². The van der Waals surface area contributed by atoms with E-state index in [1.54, 1.807) is 14.2 Å². The van der Waals surface area contributed by atoms with Crippen LogP contribution in [-0.4, -0.2) is 36.1 Å². The number of H-pyrrole nitrogens is 1. The van der Waals surface area contributed by atoms with Crippen LogP contribution < -0.4 is 14.8 Å². The highest BCUT2D eigenvalue weighted by molar-refractivity contribution is 6.14. The fourth-order valence-corrected chi connectivity index (χ4v) is 3.28. The van der Waals surface area contributed by atoms with Gasteiger partial charge in [0.25, 0.3) is 0 Å². The van der Waals surface area contributed by atoms with Gasteiger partial charge in [-0.1, -0.05) is 32.9 Å². The first kappa shape index (κ1) is 20.7. The molecule has 0 aliphatic carbocycles. The molecule has 1 aromatic heterocycles. The van der Waals surface area contributed by atoms with Gasteiger partial charge >= 0.3 is 0 Å². The fourth-order valence-electron chi connectivity index (χ4n) is 3.28. The van der Waals surface area contributed by atoms with Crippen LogP contribution in [0.15, 0.2) is 41.4 Å². The number of benzene rings is 2. The molecule has 0 unspecified atom stereocenters. The van der Waals surface area contributed by atoms with Gasteiger partial charge in [0.15, 0.2) is 17.4 Å². The van der Waals surface area contributed by atoms with Crippen LogP contribution in [0.25, 0.3) is 10.9 Å². The van der Waals surface area contributed by atoms with E-state index in [2.05, 4.69) is 36.3 Å². The zero-order valence-corrected chi connectivity index (χ0v) is 17.7. The lowest BCUT2D eigenvalue weighted by Gasteiger charge is -2.09. The molecule has 3 N–H and O–H groups in total. The number of nitrogens with zero attached hydrogens (tertiary/aromatic N) is 1. The molecular formula is C23H29N3O3. The van der Waals surface area contributed by atoms with Gasteiger partial charge in [-0.3, -0.25) is 4.99 Å². The van der Waals surface area contributed by atoms with Crippen LogP contribution in [0.3, 0.4) is 0 Å². The maximum atomic E-state index is 10.6. The van der Waals surface area contributed by atoms with Crippen LogP contribution >= 0.6 is 0 Å². The molecule has 0 spiro atoms. The van der Waals surface area contributed by atoms with Gasteiger partial charge in [-0.2, -0.15) is 0 Å². The van der Waals surface area contributed by atoms with Gasteiger partial charge in [-0.15, -0.1) is 0 Å². The van der Waals surface area contributed by atoms with Crippen molar-refractivity contribution in [3.8, 4) is 17.4 Å². The minimum absolute atomic E-state index is 0.0914. The lowest BCUT2D eigenvalue weighted by atomic mass is 10.1. The van der Waals surface area contributed by atoms with Crippen LogP contribution in [0.2, 0.25) is 0 Å². The molecule has 1 heterocycles. The third-order valence-corrected chi connectivity index (χ3v) is 4.82. The van der Waals surface area contributed by atoms with E-state index in [1.165, 1.54) is 5.56 Å². The highest BCUT2D eigenvalue weighted by atomic mass is 16.5. The molecule has 0 bridgehead atoms. The Kier molecular flexibility index (Phi) is 6.44.